The van der Waals surface area contributed by atoms with Crippen LogP contribution in [-0.2, 0) is 16.1 Å². The zero-order chi connectivity index (χ0) is 18.0. The van der Waals surface area contributed by atoms with Gasteiger partial charge in [0.15, 0.2) is 0 Å². The van der Waals surface area contributed by atoms with Gasteiger partial charge in [0, 0.05) is 20.6 Å². The number of amides is 4. The van der Waals surface area contributed by atoms with Crippen LogP contribution in [0.1, 0.15) is 37.7 Å². The van der Waals surface area contributed by atoms with Gasteiger partial charge in [0.05, 0.1) is 0 Å². The van der Waals surface area contributed by atoms with Crippen molar-refractivity contribution in [3.8, 4) is 0 Å². The lowest BCUT2D eigenvalue weighted by Crippen LogP contribution is -2.49. The fourth-order valence-corrected chi connectivity index (χ4v) is 3.87. The summed E-state index contributed by atoms with van der Waals surface area (Å²) in [5.41, 5.74) is 0.284. The number of hydrogen-bond acceptors (Lipinski definition) is 3. The van der Waals surface area contributed by atoms with Crippen LogP contribution in [0.3, 0.4) is 0 Å². The van der Waals surface area contributed by atoms with E-state index in [1.54, 1.807) is 23.9 Å². The fourth-order valence-electron chi connectivity index (χ4n) is 3.87. The van der Waals surface area contributed by atoms with E-state index in [1.807, 2.05) is 30.3 Å². The van der Waals surface area contributed by atoms with E-state index in [2.05, 4.69) is 0 Å². The molecule has 3 rings (SSSR count). The SMILES string of the molecule is CN(Cc1ccccc1)C(=O)CN1C(=O)N(C)C2(CCCCC2)C1=O. The van der Waals surface area contributed by atoms with Crippen LogP contribution in [0, 0.1) is 0 Å². The van der Waals surface area contributed by atoms with Crippen LogP contribution in [0.4, 0.5) is 4.79 Å². The number of urea groups is 1. The molecule has 2 aliphatic rings. The lowest BCUT2D eigenvalue weighted by Gasteiger charge is -2.35. The van der Waals surface area contributed by atoms with Crippen molar-refractivity contribution >= 4 is 17.8 Å². The molecule has 6 heteroatoms. The van der Waals surface area contributed by atoms with E-state index in [0.717, 1.165) is 29.7 Å². The molecule has 2 fully saturated rings. The predicted molar refractivity (Wildman–Crippen MR) is 93.6 cm³/mol. The van der Waals surface area contributed by atoms with Crippen LogP contribution in [-0.4, -0.2) is 58.7 Å². The molecule has 1 aromatic carbocycles. The van der Waals surface area contributed by atoms with Crippen LogP contribution >= 0.6 is 0 Å². The number of hydrogen-bond donors (Lipinski definition) is 0. The second kappa shape index (κ2) is 6.86. The summed E-state index contributed by atoms with van der Waals surface area (Å²) >= 11 is 0. The number of imide groups is 1. The molecule has 1 saturated carbocycles. The molecule has 0 N–H and O–H groups in total. The average Bonchev–Trinajstić information content (AvgIpc) is 2.79. The molecule has 134 valence electrons. The summed E-state index contributed by atoms with van der Waals surface area (Å²) in [7, 11) is 3.38. The first kappa shape index (κ1) is 17.5. The van der Waals surface area contributed by atoms with Crippen molar-refractivity contribution in [1.29, 1.82) is 0 Å². The second-order valence-electron chi connectivity index (χ2n) is 7.06. The molecule has 0 bridgehead atoms. The second-order valence-corrected chi connectivity index (χ2v) is 7.06. The van der Waals surface area contributed by atoms with Crippen molar-refractivity contribution in [2.75, 3.05) is 20.6 Å². The summed E-state index contributed by atoms with van der Waals surface area (Å²) in [5, 5.41) is 0. The Morgan fingerprint density at radius 3 is 2.40 bits per heavy atom. The molecule has 1 spiro atoms. The molecule has 1 aliphatic heterocycles. The topological polar surface area (TPSA) is 60.9 Å². The van der Waals surface area contributed by atoms with Crippen molar-refractivity contribution in [1.82, 2.24) is 14.7 Å². The number of carbonyl (C=O) groups excluding carboxylic acids is 3. The van der Waals surface area contributed by atoms with Crippen LogP contribution in [0.5, 0.6) is 0 Å². The smallest absolute Gasteiger partial charge is 0.327 e. The summed E-state index contributed by atoms with van der Waals surface area (Å²) in [5.74, 6) is -0.437. The Bertz CT molecular complexity index is 668. The highest BCUT2D eigenvalue weighted by Crippen LogP contribution is 2.39. The first-order chi connectivity index (χ1) is 12.0. The molecular formula is C19H25N3O3. The zero-order valence-corrected chi connectivity index (χ0v) is 14.9. The first-order valence-electron chi connectivity index (χ1n) is 8.83. The monoisotopic (exact) mass is 343 g/mol. The molecule has 1 aromatic rings. The molecule has 1 aliphatic carbocycles. The minimum atomic E-state index is -0.729. The Hall–Kier alpha value is -2.37. The van der Waals surface area contributed by atoms with Crippen molar-refractivity contribution in [2.24, 2.45) is 0 Å². The van der Waals surface area contributed by atoms with Crippen LogP contribution in [0.15, 0.2) is 30.3 Å². The van der Waals surface area contributed by atoms with Gasteiger partial charge < -0.3 is 9.80 Å². The Balaban J connectivity index is 1.68. The Morgan fingerprint density at radius 1 is 1.12 bits per heavy atom. The van der Waals surface area contributed by atoms with Crippen molar-refractivity contribution < 1.29 is 14.4 Å². The molecule has 0 atom stereocenters. The van der Waals surface area contributed by atoms with Crippen molar-refractivity contribution in [3.63, 3.8) is 0 Å². The maximum absolute atomic E-state index is 12.9. The predicted octanol–water partition coefficient (Wildman–Crippen LogP) is 2.24. The number of likely N-dealkylation sites (N-methyl/N-ethyl adjacent to an activating group) is 2. The quantitative estimate of drug-likeness (QED) is 0.788. The highest BCUT2D eigenvalue weighted by molar-refractivity contribution is 6.08. The summed E-state index contributed by atoms with van der Waals surface area (Å²) in [4.78, 5) is 42.3. The fraction of sp³-hybridized carbons (Fsp3) is 0.526. The molecule has 0 aromatic heterocycles. The molecule has 25 heavy (non-hydrogen) atoms. The largest absolute Gasteiger partial charge is 0.340 e. The van der Waals surface area contributed by atoms with Crippen LogP contribution in [0.25, 0.3) is 0 Å². The van der Waals surface area contributed by atoms with E-state index in [1.165, 1.54) is 0 Å². The van der Waals surface area contributed by atoms with Gasteiger partial charge in [-0.05, 0) is 18.4 Å². The number of benzene rings is 1. The van der Waals surface area contributed by atoms with Crippen molar-refractivity contribution in [2.45, 2.75) is 44.2 Å². The summed E-state index contributed by atoms with van der Waals surface area (Å²) in [6.45, 7) is 0.268. The van der Waals surface area contributed by atoms with E-state index >= 15 is 0 Å². The van der Waals surface area contributed by atoms with E-state index in [-0.39, 0.29) is 24.4 Å². The van der Waals surface area contributed by atoms with E-state index in [9.17, 15) is 14.4 Å². The van der Waals surface area contributed by atoms with Gasteiger partial charge >= 0.3 is 6.03 Å². The van der Waals surface area contributed by atoms with Gasteiger partial charge in [0.25, 0.3) is 5.91 Å². The van der Waals surface area contributed by atoms with Gasteiger partial charge in [0.2, 0.25) is 5.91 Å². The van der Waals surface area contributed by atoms with Gasteiger partial charge in [-0.15, -0.1) is 0 Å². The summed E-state index contributed by atoms with van der Waals surface area (Å²) in [6.07, 6.45) is 4.37. The molecule has 6 nitrogen and oxygen atoms in total. The highest BCUT2D eigenvalue weighted by atomic mass is 16.2. The average molecular weight is 343 g/mol. The molecule has 1 heterocycles. The van der Waals surface area contributed by atoms with E-state index < -0.39 is 5.54 Å². The number of nitrogens with zero attached hydrogens (tertiary/aromatic N) is 3. The normalized spacial score (nSPS) is 19.6. The van der Waals surface area contributed by atoms with Crippen LogP contribution in [0.2, 0.25) is 0 Å². The van der Waals surface area contributed by atoms with E-state index in [4.69, 9.17) is 0 Å². The third kappa shape index (κ3) is 3.13. The van der Waals surface area contributed by atoms with Gasteiger partial charge in [-0.1, -0.05) is 49.6 Å². The Morgan fingerprint density at radius 2 is 1.76 bits per heavy atom. The van der Waals surface area contributed by atoms with Gasteiger partial charge in [-0.2, -0.15) is 0 Å². The maximum atomic E-state index is 12.9. The minimum Gasteiger partial charge on any atom is -0.340 e. The molecular weight excluding hydrogens is 318 g/mol. The molecule has 0 unspecified atom stereocenters. The summed E-state index contributed by atoms with van der Waals surface area (Å²) in [6, 6.07) is 9.30. The molecule has 1 saturated heterocycles. The Kier molecular flexibility index (Phi) is 4.79. The molecule has 0 radical (unpaired) electrons. The summed E-state index contributed by atoms with van der Waals surface area (Å²) < 4.78 is 0. The maximum Gasteiger partial charge on any atom is 0.327 e. The Labute approximate surface area is 148 Å². The number of carbonyl (C=O) groups is 3. The highest BCUT2D eigenvalue weighted by Gasteiger charge is 2.55. The lowest BCUT2D eigenvalue weighted by atomic mass is 9.81. The number of rotatable bonds is 4. The zero-order valence-electron chi connectivity index (χ0n) is 14.9. The van der Waals surface area contributed by atoms with Gasteiger partial charge in [-0.25, -0.2) is 4.79 Å². The standard InChI is InChI=1S/C19H25N3O3/c1-20(13-15-9-5-3-6-10-15)16(23)14-22-17(24)19(21(2)18(22)25)11-7-4-8-12-19/h3,5-6,9-10H,4,7-8,11-14H2,1-2H3. The van der Waals surface area contributed by atoms with Crippen LogP contribution < -0.4 is 0 Å². The van der Waals surface area contributed by atoms with Gasteiger partial charge in [-0.3, -0.25) is 14.5 Å². The lowest BCUT2D eigenvalue weighted by molar-refractivity contribution is -0.140. The third-order valence-electron chi connectivity index (χ3n) is 5.47. The molecule has 4 amide bonds. The van der Waals surface area contributed by atoms with Gasteiger partial charge in [0.1, 0.15) is 12.1 Å². The third-order valence-corrected chi connectivity index (χ3v) is 5.47. The first-order valence-corrected chi connectivity index (χ1v) is 8.83. The van der Waals surface area contributed by atoms with Crippen molar-refractivity contribution in [3.05, 3.63) is 35.9 Å². The van der Waals surface area contributed by atoms with E-state index in [0.29, 0.717) is 19.4 Å². The minimum absolute atomic E-state index is 0.187.